The summed E-state index contributed by atoms with van der Waals surface area (Å²) in [5, 5.41) is 10.4. The number of benzene rings is 3. The summed E-state index contributed by atoms with van der Waals surface area (Å²) in [4.78, 5) is 17.4. The van der Waals surface area contributed by atoms with Gasteiger partial charge in [0.1, 0.15) is 22.2 Å². The molecule has 0 aliphatic heterocycles. The minimum absolute atomic E-state index is 0.347. The highest BCUT2D eigenvalue weighted by molar-refractivity contribution is 7.13. The Bertz CT molecular complexity index is 1410. The molecule has 0 fully saturated rings. The predicted molar refractivity (Wildman–Crippen MR) is 120 cm³/mol. The summed E-state index contributed by atoms with van der Waals surface area (Å²) in [7, 11) is 0. The Morgan fingerprint density at radius 3 is 2.71 bits per heavy atom. The van der Waals surface area contributed by atoms with Crippen LogP contribution in [0.15, 0.2) is 76.6 Å². The zero-order chi connectivity index (χ0) is 21.4. The molecule has 0 spiro atoms. The molecule has 5 nitrogen and oxygen atoms in total. The maximum atomic E-state index is 13.8. The van der Waals surface area contributed by atoms with Gasteiger partial charge in [-0.1, -0.05) is 41.6 Å². The average Bonchev–Trinajstić information content (AvgIpc) is 3.43. The second-order valence-electron chi connectivity index (χ2n) is 7.06. The summed E-state index contributed by atoms with van der Waals surface area (Å²) in [6, 6.07) is 19.5. The van der Waals surface area contributed by atoms with E-state index in [-0.39, 0.29) is 11.7 Å². The van der Waals surface area contributed by atoms with Crippen molar-refractivity contribution in [1.82, 2.24) is 10.1 Å². The predicted octanol–water partition coefficient (Wildman–Crippen LogP) is 6.32. The third-order valence-corrected chi connectivity index (χ3v) is 5.82. The van der Waals surface area contributed by atoms with Gasteiger partial charge in [-0.25, -0.2) is 9.37 Å². The van der Waals surface area contributed by atoms with Crippen molar-refractivity contribution in [1.29, 1.82) is 0 Å². The van der Waals surface area contributed by atoms with Crippen molar-refractivity contribution in [3.8, 4) is 22.0 Å². The van der Waals surface area contributed by atoms with E-state index in [0.29, 0.717) is 39.2 Å². The molecule has 5 aromatic rings. The maximum Gasteiger partial charge on any atom is 0.255 e. The molecule has 7 heteroatoms. The molecule has 5 rings (SSSR count). The number of nitrogens with one attached hydrogen (secondary N) is 1. The van der Waals surface area contributed by atoms with Gasteiger partial charge in [0.05, 0.1) is 5.39 Å². The molecule has 0 saturated heterocycles. The first-order chi connectivity index (χ1) is 15.1. The molecule has 1 amide bonds. The number of carbonyl (C=O) groups excluding carboxylic acids is 1. The molecule has 3 aromatic carbocycles. The minimum Gasteiger partial charge on any atom is -0.356 e. The van der Waals surface area contributed by atoms with Crippen LogP contribution in [0.1, 0.15) is 15.9 Å². The Morgan fingerprint density at radius 1 is 1.06 bits per heavy atom. The molecule has 0 bridgehead atoms. The SMILES string of the molecule is Cc1ccc(NC(=O)c2ccc3onc(-c4csc(-c5ccccc5)n4)c3c2)cc1F. The molecule has 0 unspecified atom stereocenters. The lowest BCUT2D eigenvalue weighted by Gasteiger charge is -2.06. The first-order valence-corrected chi connectivity index (χ1v) is 10.4. The second kappa shape index (κ2) is 7.77. The van der Waals surface area contributed by atoms with E-state index in [1.54, 1.807) is 37.3 Å². The van der Waals surface area contributed by atoms with E-state index in [1.165, 1.54) is 17.4 Å². The first kappa shape index (κ1) is 19.1. The minimum atomic E-state index is -0.368. The lowest BCUT2D eigenvalue weighted by molar-refractivity contribution is 0.102. The van der Waals surface area contributed by atoms with Crippen LogP contribution < -0.4 is 5.32 Å². The smallest absolute Gasteiger partial charge is 0.255 e. The quantitative estimate of drug-likeness (QED) is 0.363. The third kappa shape index (κ3) is 3.71. The number of thiazole rings is 1. The van der Waals surface area contributed by atoms with Gasteiger partial charge in [-0.2, -0.15) is 0 Å². The molecule has 0 radical (unpaired) electrons. The van der Waals surface area contributed by atoms with E-state index in [2.05, 4.69) is 15.5 Å². The van der Waals surface area contributed by atoms with Gasteiger partial charge in [0.25, 0.3) is 5.91 Å². The number of anilines is 1. The fourth-order valence-electron chi connectivity index (χ4n) is 3.23. The summed E-state index contributed by atoms with van der Waals surface area (Å²) in [6.07, 6.45) is 0. The normalized spacial score (nSPS) is 11.0. The first-order valence-electron chi connectivity index (χ1n) is 9.57. The van der Waals surface area contributed by atoms with Crippen LogP contribution in [0.5, 0.6) is 0 Å². The van der Waals surface area contributed by atoms with Gasteiger partial charge in [0.2, 0.25) is 0 Å². The van der Waals surface area contributed by atoms with Crippen molar-refractivity contribution in [2.45, 2.75) is 6.92 Å². The zero-order valence-electron chi connectivity index (χ0n) is 16.4. The summed E-state index contributed by atoms with van der Waals surface area (Å²) in [5.41, 5.74) is 4.17. The van der Waals surface area contributed by atoms with E-state index in [9.17, 15) is 9.18 Å². The molecule has 2 heterocycles. The van der Waals surface area contributed by atoms with Crippen molar-refractivity contribution in [3.05, 3.63) is 89.1 Å². The number of carbonyl (C=O) groups is 1. The number of fused-ring (bicyclic) bond motifs is 1. The van der Waals surface area contributed by atoms with Crippen LogP contribution in [0.25, 0.3) is 32.9 Å². The lowest BCUT2D eigenvalue weighted by Crippen LogP contribution is -2.12. The van der Waals surface area contributed by atoms with Crippen LogP contribution >= 0.6 is 11.3 Å². The number of nitrogens with zero attached hydrogens (tertiary/aromatic N) is 2. The van der Waals surface area contributed by atoms with E-state index < -0.39 is 0 Å². The van der Waals surface area contributed by atoms with Gasteiger partial charge in [-0.3, -0.25) is 4.79 Å². The number of halogens is 1. The third-order valence-electron chi connectivity index (χ3n) is 4.93. The van der Waals surface area contributed by atoms with E-state index in [0.717, 1.165) is 10.6 Å². The molecule has 0 saturated carbocycles. The maximum absolute atomic E-state index is 13.8. The van der Waals surface area contributed by atoms with Crippen LogP contribution in [0, 0.1) is 12.7 Å². The Labute approximate surface area is 181 Å². The largest absolute Gasteiger partial charge is 0.356 e. The molecule has 1 N–H and O–H groups in total. The van der Waals surface area contributed by atoms with Crippen LogP contribution in [0.2, 0.25) is 0 Å². The summed E-state index contributed by atoms with van der Waals surface area (Å²) >= 11 is 1.52. The highest BCUT2D eigenvalue weighted by Gasteiger charge is 2.17. The molecule has 31 heavy (non-hydrogen) atoms. The fraction of sp³-hybridized carbons (Fsp3) is 0.0417. The van der Waals surface area contributed by atoms with Crippen molar-refractivity contribution in [3.63, 3.8) is 0 Å². The Morgan fingerprint density at radius 2 is 1.90 bits per heavy atom. The molecule has 152 valence electrons. The van der Waals surface area contributed by atoms with Crippen LogP contribution in [0.3, 0.4) is 0 Å². The van der Waals surface area contributed by atoms with E-state index in [1.807, 2.05) is 35.7 Å². The number of hydrogen-bond acceptors (Lipinski definition) is 5. The number of aromatic nitrogens is 2. The zero-order valence-corrected chi connectivity index (χ0v) is 17.2. The standard InChI is InChI=1S/C24H16FN3O2S/c1-14-7-9-17(12-19(14)25)26-23(29)16-8-10-21-18(11-16)22(28-30-21)20-13-31-24(27-20)15-5-3-2-4-6-15/h2-13H,1H3,(H,26,29). The Hall–Kier alpha value is -3.84. The number of aryl methyl sites for hydroxylation is 1. The van der Waals surface area contributed by atoms with Crippen LogP contribution in [0.4, 0.5) is 10.1 Å². The van der Waals surface area contributed by atoms with Crippen molar-refractivity contribution in [2.75, 3.05) is 5.32 Å². The van der Waals surface area contributed by atoms with Gasteiger partial charge in [0, 0.05) is 22.2 Å². The number of hydrogen-bond donors (Lipinski definition) is 1. The topological polar surface area (TPSA) is 68.0 Å². The molecule has 0 atom stereocenters. The second-order valence-corrected chi connectivity index (χ2v) is 7.92. The Kier molecular flexibility index (Phi) is 4.80. The van der Waals surface area contributed by atoms with Gasteiger partial charge in [-0.15, -0.1) is 11.3 Å². The number of amides is 1. The highest BCUT2D eigenvalue weighted by atomic mass is 32.1. The van der Waals surface area contributed by atoms with Crippen molar-refractivity contribution in [2.24, 2.45) is 0 Å². The van der Waals surface area contributed by atoms with Gasteiger partial charge in [-0.05, 0) is 42.8 Å². The average molecular weight is 429 g/mol. The fourth-order valence-corrected chi connectivity index (χ4v) is 4.05. The molecule has 2 aromatic heterocycles. The summed E-state index contributed by atoms with van der Waals surface area (Å²) in [5.74, 6) is -0.715. The van der Waals surface area contributed by atoms with Gasteiger partial charge in [0.15, 0.2) is 5.58 Å². The lowest BCUT2D eigenvalue weighted by atomic mass is 10.1. The summed E-state index contributed by atoms with van der Waals surface area (Å²) in [6.45, 7) is 1.67. The highest BCUT2D eigenvalue weighted by Crippen LogP contribution is 2.33. The van der Waals surface area contributed by atoms with Crippen LogP contribution in [-0.4, -0.2) is 16.0 Å². The molecule has 0 aliphatic carbocycles. The van der Waals surface area contributed by atoms with Crippen LogP contribution in [-0.2, 0) is 0 Å². The van der Waals surface area contributed by atoms with E-state index in [4.69, 9.17) is 4.52 Å². The molecule has 0 aliphatic rings. The molecular formula is C24H16FN3O2S. The van der Waals surface area contributed by atoms with E-state index >= 15 is 0 Å². The molecular weight excluding hydrogens is 413 g/mol. The van der Waals surface area contributed by atoms with Gasteiger partial charge < -0.3 is 9.84 Å². The van der Waals surface area contributed by atoms with Crippen molar-refractivity contribution < 1.29 is 13.7 Å². The monoisotopic (exact) mass is 429 g/mol. The summed E-state index contributed by atoms with van der Waals surface area (Å²) < 4.78 is 19.2. The number of rotatable bonds is 4. The van der Waals surface area contributed by atoms with Gasteiger partial charge >= 0.3 is 0 Å². The van der Waals surface area contributed by atoms with Crippen molar-refractivity contribution >= 4 is 33.9 Å². The Balaban J connectivity index is 1.46.